The van der Waals surface area contributed by atoms with Crippen molar-refractivity contribution in [3.8, 4) is 0 Å². The summed E-state index contributed by atoms with van der Waals surface area (Å²) in [5, 5.41) is 7.06. The number of aryl methyl sites for hydroxylation is 1. The molecule has 21 heavy (non-hydrogen) atoms. The summed E-state index contributed by atoms with van der Waals surface area (Å²) < 4.78 is 0. The van der Waals surface area contributed by atoms with E-state index < -0.39 is 0 Å². The van der Waals surface area contributed by atoms with Crippen molar-refractivity contribution >= 4 is 5.69 Å². The van der Waals surface area contributed by atoms with Gasteiger partial charge < -0.3 is 16.4 Å². The molecule has 0 radical (unpaired) electrons. The lowest BCUT2D eigenvalue weighted by Crippen LogP contribution is -2.60. The van der Waals surface area contributed by atoms with Crippen LogP contribution in [0, 0.1) is 18.3 Å². The van der Waals surface area contributed by atoms with E-state index in [0.29, 0.717) is 11.3 Å². The van der Waals surface area contributed by atoms with Crippen LogP contribution in [-0.2, 0) is 0 Å². The first-order chi connectivity index (χ1) is 9.87. The summed E-state index contributed by atoms with van der Waals surface area (Å²) >= 11 is 0. The van der Waals surface area contributed by atoms with E-state index in [-0.39, 0.29) is 5.54 Å². The molecule has 3 heteroatoms. The first-order valence-corrected chi connectivity index (χ1v) is 7.92. The standard InChI is InChI=1S/C18H27N3/c1-13-6-4-5-7-15(13)21-16(10-17(2,3)19)14-8-18(9-14)11-20-12-18/h4-7,10,14,20-21H,8-9,11-12,19H2,1-3H3/b16-10-. The molecule has 1 aliphatic carbocycles. The Kier molecular flexibility index (Phi) is 3.58. The number of allylic oxidation sites excluding steroid dienone is 1. The van der Waals surface area contributed by atoms with Gasteiger partial charge in [0.1, 0.15) is 0 Å². The second kappa shape index (κ2) is 5.15. The topological polar surface area (TPSA) is 50.1 Å². The van der Waals surface area contributed by atoms with Crippen molar-refractivity contribution in [3.05, 3.63) is 41.6 Å². The number of para-hydroxylation sites is 1. The molecule has 3 nitrogen and oxygen atoms in total. The number of nitrogens with two attached hydrogens (primary N) is 1. The van der Waals surface area contributed by atoms with Crippen molar-refractivity contribution < 1.29 is 0 Å². The molecular formula is C18H27N3. The smallest absolute Gasteiger partial charge is 0.0411 e. The highest BCUT2D eigenvalue weighted by molar-refractivity contribution is 5.55. The Labute approximate surface area is 128 Å². The normalized spacial score (nSPS) is 21.8. The first kappa shape index (κ1) is 14.6. The Hall–Kier alpha value is -1.32. The molecule has 0 atom stereocenters. The molecule has 0 unspecified atom stereocenters. The zero-order valence-electron chi connectivity index (χ0n) is 13.4. The quantitative estimate of drug-likeness (QED) is 0.797. The SMILES string of the molecule is Cc1ccccc1N/C(=C\C(C)(C)N)C1CC2(CNC2)C1. The lowest BCUT2D eigenvalue weighted by molar-refractivity contribution is 0.0175. The Morgan fingerprint density at radius 1 is 1.33 bits per heavy atom. The zero-order valence-corrected chi connectivity index (χ0v) is 13.4. The van der Waals surface area contributed by atoms with Crippen LogP contribution in [0.2, 0.25) is 0 Å². The highest BCUT2D eigenvalue weighted by Crippen LogP contribution is 2.51. The molecule has 0 aromatic heterocycles. The summed E-state index contributed by atoms with van der Waals surface area (Å²) in [7, 11) is 0. The third-order valence-corrected chi connectivity index (χ3v) is 4.75. The van der Waals surface area contributed by atoms with E-state index in [1.54, 1.807) is 0 Å². The van der Waals surface area contributed by atoms with Crippen molar-refractivity contribution in [2.75, 3.05) is 18.4 Å². The molecule has 1 aromatic carbocycles. The van der Waals surface area contributed by atoms with Crippen LogP contribution in [-0.4, -0.2) is 18.6 Å². The summed E-state index contributed by atoms with van der Waals surface area (Å²) in [6.07, 6.45) is 4.77. The average Bonchev–Trinajstić information content (AvgIpc) is 2.26. The van der Waals surface area contributed by atoms with Crippen molar-refractivity contribution in [1.29, 1.82) is 0 Å². The van der Waals surface area contributed by atoms with Gasteiger partial charge in [0.15, 0.2) is 0 Å². The average molecular weight is 285 g/mol. The number of hydrogen-bond acceptors (Lipinski definition) is 3. The largest absolute Gasteiger partial charge is 0.359 e. The lowest BCUT2D eigenvalue weighted by atomic mass is 9.57. The molecule has 1 heterocycles. The van der Waals surface area contributed by atoms with Gasteiger partial charge in [-0.2, -0.15) is 0 Å². The molecule has 1 saturated carbocycles. The maximum atomic E-state index is 6.23. The van der Waals surface area contributed by atoms with Gasteiger partial charge in [-0.05, 0) is 62.7 Å². The zero-order chi connectivity index (χ0) is 15.1. The molecule has 114 valence electrons. The summed E-state index contributed by atoms with van der Waals surface area (Å²) in [5.74, 6) is 0.620. The molecule has 3 rings (SSSR count). The second-order valence-electron chi connectivity index (χ2n) is 7.57. The van der Waals surface area contributed by atoms with Gasteiger partial charge in [-0.3, -0.25) is 0 Å². The van der Waals surface area contributed by atoms with Crippen LogP contribution in [0.3, 0.4) is 0 Å². The maximum Gasteiger partial charge on any atom is 0.0411 e. The Balaban J connectivity index is 1.77. The van der Waals surface area contributed by atoms with Crippen LogP contribution in [0.1, 0.15) is 32.3 Å². The molecular weight excluding hydrogens is 258 g/mol. The van der Waals surface area contributed by atoms with Crippen molar-refractivity contribution in [3.63, 3.8) is 0 Å². The van der Waals surface area contributed by atoms with Crippen molar-refractivity contribution in [2.24, 2.45) is 17.1 Å². The maximum absolute atomic E-state index is 6.23. The Morgan fingerprint density at radius 3 is 2.52 bits per heavy atom. The molecule has 4 N–H and O–H groups in total. The molecule has 0 bridgehead atoms. The van der Waals surface area contributed by atoms with Gasteiger partial charge in [0.2, 0.25) is 0 Å². The predicted octanol–water partition coefficient (Wildman–Crippen LogP) is 3.03. The fourth-order valence-corrected chi connectivity index (χ4v) is 3.50. The molecule has 2 aliphatic rings. The van der Waals surface area contributed by atoms with Gasteiger partial charge in [-0.15, -0.1) is 0 Å². The Morgan fingerprint density at radius 2 is 2.00 bits per heavy atom. The van der Waals surface area contributed by atoms with Crippen LogP contribution < -0.4 is 16.4 Å². The van der Waals surface area contributed by atoms with Gasteiger partial charge in [0, 0.05) is 30.0 Å². The number of anilines is 1. The number of benzene rings is 1. The van der Waals surface area contributed by atoms with E-state index in [1.165, 1.54) is 42.9 Å². The summed E-state index contributed by atoms with van der Waals surface area (Å²) in [6.45, 7) is 8.64. The van der Waals surface area contributed by atoms with E-state index in [2.05, 4.69) is 61.7 Å². The third kappa shape index (κ3) is 3.14. The molecule has 1 aromatic rings. The summed E-state index contributed by atoms with van der Waals surface area (Å²) in [5.41, 5.74) is 10.3. The first-order valence-electron chi connectivity index (χ1n) is 7.92. The molecule has 1 aliphatic heterocycles. The number of hydrogen-bond donors (Lipinski definition) is 3. The Bertz CT molecular complexity index is 542. The summed E-state index contributed by atoms with van der Waals surface area (Å²) in [6, 6.07) is 8.45. The van der Waals surface area contributed by atoms with Gasteiger partial charge in [-0.1, -0.05) is 18.2 Å². The van der Waals surface area contributed by atoms with Crippen LogP contribution in [0.4, 0.5) is 5.69 Å². The van der Waals surface area contributed by atoms with Gasteiger partial charge in [0.25, 0.3) is 0 Å². The fraction of sp³-hybridized carbons (Fsp3) is 0.556. The number of nitrogens with one attached hydrogen (secondary N) is 2. The minimum absolute atomic E-state index is 0.286. The van der Waals surface area contributed by atoms with Gasteiger partial charge in [0.05, 0.1) is 0 Å². The van der Waals surface area contributed by atoms with E-state index in [4.69, 9.17) is 5.73 Å². The van der Waals surface area contributed by atoms with Gasteiger partial charge in [-0.25, -0.2) is 0 Å². The second-order valence-corrected chi connectivity index (χ2v) is 7.57. The van der Waals surface area contributed by atoms with Crippen molar-refractivity contribution in [2.45, 2.75) is 39.2 Å². The minimum Gasteiger partial charge on any atom is -0.359 e. The van der Waals surface area contributed by atoms with Crippen LogP contribution in [0.15, 0.2) is 36.0 Å². The predicted molar refractivity (Wildman–Crippen MR) is 89.2 cm³/mol. The van der Waals surface area contributed by atoms with Crippen LogP contribution in [0.5, 0.6) is 0 Å². The molecule has 1 saturated heterocycles. The van der Waals surface area contributed by atoms with Gasteiger partial charge >= 0.3 is 0 Å². The van der Waals surface area contributed by atoms with E-state index in [1.807, 2.05) is 0 Å². The number of rotatable bonds is 4. The van der Waals surface area contributed by atoms with E-state index in [0.717, 1.165) is 0 Å². The fourth-order valence-electron chi connectivity index (χ4n) is 3.50. The molecule has 2 fully saturated rings. The monoisotopic (exact) mass is 285 g/mol. The molecule has 1 spiro atoms. The lowest BCUT2D eigenvalue weighted by Gasteiger charge is -2.55. The van der Waals surface area contributed by atoms with E-state index in [9.17, 15) is 0 Å². The van der Waals surface area contributed by atoms with Crippen LogP contribution in [0.25, 0.3) is 0 Å². The highest BCUT2D eigenvalue weighted by atomic mass is 15.0. The molecule has 0 amide bonds. The minimum atomic E-state index is -0.286. The van der Waals surface area contributed by atoms with Crippen LogP contribution >= 0.6 is 0 Å². The highest BCUT2D eigenvalue weighted by Gasteiger charge is 2.49. The third-order valence-electron chi connectivity index (χ3n) is 4.75. The van der Waals surface area contributed by atoms with Crippen molar-refractivity contribution in [1.82, 2.24) is 5.32 Å². The summed E-state index contributed by atoms with van der Waals surface area (Å²) in [4.78, 5) is 0. The van der Waals surface area contributed by atoms with E-state index >= 15 is 0 Å².